The van der Waals surface area contributed by atoms with Gasteiger partial charge in [-0.1, -0.05) is 68.1 Å². The SMILES string of the molecule is O=C(O)CCCCCCCC(NS(=O)(=O)c1ccccc1C(F)(F)F)c1ccccc1. The van der Waals surface area contributed by atoms with Crippen molar-refractivity contribution in [3.8, 4) is 0 Å². The van der Waals surface area contributed by atoms with Crippen LogP contribution < -0.4 is 4.72 Å². The Morgan fingerprint density at radius 2 is 1.48 bits per heavy atom. The molecule has 0 spiro atoms. The quantitative estimate of drug-likeness (QED) is 0.410. The van der Waals surface area contributed by atoms with Crippen molar-refractivity contribution in [1.82, 2.24) is 4.72 Å². The lowest BCUT2D eigenvalue weighted by molar-refractivity contribution is -0.140. The third kappa shape index (κ3) is 7.99. The number of carboxylic acids is 1. The molecule has 0 radical (unpaired) electrons. The predicted molar refractivity (Wildman–Crippen MR) is 111 cm³/mol. The number of hydrogen-bond acceptors (Lipinski definition) is 3. The first-order chi connectivity index (χ1) is 14.6. The first kappa shape index (κ1) is 24.9. The number of carbonyl (C=O) groups is 1. The number of aliphatic carboxylic acids is 1. The highest BCUT2D eigenvalue weighted by molar-refractivity contribution is 7.89. The maximum absolute atomic E-state index is 13.3. The van der Waals surface area contributed by atoms with Crippen LogP contribution in [0.4, 0.5) is 13.2 Å². The number of nitrogens with one attached hydrogen (secondary N) is 1. The maximum Gasteiger partial charge on any atom is 0.417 e. The number of benzene rings is 2. The molecule has 0 saturated heterocycles. The van der Waals surface area contributed by atoms with E-state index >= 15 is 0 Å². The van der Waals surface area contributed by atoms with Crippen molar-refractivity contribution < 1.29 is 31.5 Å². The fourth-order valence-corrected chi connectivity index (χ4v) is 4.81. The Labute approximate surface area is 180 Å². The zero-order chi connectivity index (χ0) is 22.9. The first-order valence-electron chi connectivity index (χ1n) is 10.1. The summed E-state index contributed by atoms with van der Waals surface area (Å²) in [5, 5.41) is 8.65. The summed E-state index contributed by atoms with van der Waals surface area (Å²) in [5.41, 5.74) is -0.533. The number of unbranched alkanes of at least 4 members (excludes halogenated alkanes) is 4. The van der Waals surface area contributed by atoms with Gasteiger partial charge in [0.2, 0.25) is 10.0 Å². The lowest BCUT2D eigenvalue weighted by atomic mass is 10.0. The number of hydrogen-bond donors (Lipinski definition) is 2. The van der Waals surface area contributed by atoms with E-state index in [1.807, 2.05) is 0 Å². The fraction of sp³-hybridized carbons (Fsp3) is 0.409. The summed E-state index contributed by atoms with van der Waals surface area (Å²) in [5.74, 6) is -0.835. The zero-order valence-electron chi connectivity index (χ0n) is 16.9. The van der Waals surface area contributed by atoms with Gasteiger partial charge in [-0.05, 0) is 30.5 Å². The molecule has 0 heterocycles. The fourth-order valence-electron chi connectivity index (χ4n) is 3.32. The topological polar surface area (TPSA) is 83.5 Å². The second-order valence-corrected chi connectivity index (χ2v) is 8.96. The highest BCUT2D eigenvalue weighted by Gasteiger charge is 2.37. The van der Waals surface area contributed by atoms with Crippen molar-refractivity contribution in [1.29, 1.82) is 0 Å². The molecule has 0 aliphatic heterocycles. The molecule has 9 heteroatoms. The molecule has 170 valence electrons. The van der Waals surface area contributed by atoms with Gasteiger partial charge in [0, 0.05) is 12.5 Å². The highest BCUT2D eigenvalue weighted by atomic mass is 32.2. The first-order valence-corrected chi connectivity index (χ1v) is 11.5. The third-order valence-electron chi connectivity index (χ3n) is 4.86. The molecule has 2 N–H and O–H groups in total. The summed E-state index contributed by atoms with van der Waals surface area (Å²) in [6.45, 7) is 0. The molecule has 0 aliphatic rings. The van der Waals surface area contributed by atoms with Gasteiger partial charge in [0.05, 0.1) is 10.5 Å². The Kier molecular flexibility index (Phi) is 9.06. The molecule has 0 bridgehead atoms. The van der Waals surface area contributed by atoms with Gasteiger partial charge < -0.3 is 5.11 Å². The van der Waals surface area contributed by atoms with Crippen LogP contribution in [0.1, 0.15) is 62.1 Å². The molecule has 0 amide bonds. The molecule has 2 aromatic carbocycles. The molecule has 0 saturated carbocycles. The molecular weight excluding hydrogens is 431 g/mol. The second kappa shape index (κ2) is 11.3. The smallest absolute Gasteiger partial charge is 0.417 e. The summed E-state index contributed by atoms with van der Waals surface area (Å²) < 4.78 is 68.1. The minimum Gasteiger partial charge on any atom is -0.481 e. The van der Waals surface area contributed by atoms with Gasteiger partial charge in [-0.2, -0.15) is 13.2 Å². The Morgan fingerprint density at radius 3 is 2.13 bits per heavy atom. The molecule has 31 heavy (non-hydrogen) atoms. The number of alkyl halides is 3. The monoisotopic (exact) mass is 457 g/mol. The Bertz CT molecular complexity index is 947. The van der Waals surface area contributed by atoms with Gasteiger partial charge in [0.25, 0.3) is 0 Å². The predicted octanol–water partition coefficient (Wildman–Crippen LogP) is 5.54. The standard InChI is InChI=1S/C22H26F3NO4S/c23-22(24,25)18-13-9-10-15-20(18)31(29,30)26-19(17-11-5-4-6-12-17)14-7-2-1-3-8-16-21(27)28/h4-6,9-13,15,19,26H,1-3,7-8,14,16H2,(H,27,28). The summed E-state index contributed by atoms with van der Waals surface area (Å²) in [7, 11) is -4.42. The Morgan fingerprint density at radius 1 is 0.903 bits per heavy atom. The molecule has 2 aromatic rings. The van der Waals surface area contributed by atoms with Crippen molar-refractivity contribution in [3.05, 3.63) is 65.7 Å². The molecule has 0 aromatic heterocycles. The summed E-state index contributed by atoms with van der Waals surface area (Å²) in [6, 6.07) is 12.2. The van der Waals surface area contributed by atoms with Gasteiger partial charge >= 0.3 is 12.1 Å². The largest absolute Gasteiger partial charge is 0.481 e. The van der Waals surface area contributed by atoms with Crippen LogP contribution in [-0.4, -0.2) is 19.5 Å². The normalized spacial score (nSPS) is 13.1. The van der Waals surface area contributed by atoms with Crippen molar-refractivity contribution in [2.24, 2.45) is 0 Å². The van der Waals surface area contributed by atoms with E-state index in [1.165, 1.54) is 6.07 Å². The van der Waals surface area contributed by atoms with E-state index in [4.69, 9.17) is 5.11 Å². The van der Waals surface area contributed by atoms with E-state index in [1.54, 1.807) is 30.3 Å². The van der Waals surface area contributed by atoms with Gasteiger partial charge in [-0.25, -0.2) is 13.1 Å². The molecule has 5 nitrogen and oxygen atoms in total. The molecule has 2 rings (SSSR count). The van der Waals surface area contributed by atoms with E-state index in [0.29, 0.717) is 24.8 Å². The van der Waals surface area contributed by atoms with E-state index in [-0.39, 0.29) is 6.42 Å². The van der Waals surface area contributed by atoms with Gasteiger partial charge in [0.15, 0.2) is 0 Å². The second-order valence-electron chi connectivity index (χ2n) is 7.28. The molecule has 0 aliphatic carbocycles. The van der Waals surface area contributed by atoms with Crippen LogP contribution in [0.25, 0.3) is 0 Å². The average Bonchev–Trinajstić information content (AvgIpc) is 2.72. The van der Waals surface area contributed by atoms with E-state index in [2.05, 4.69) is 4.72 Å². The number of carboxylic acid groups (broad SMARTS) is 1. The molecule has 0 fully saturated rings. The van der Waals surface area contributed by atoms with Gasteiger partial charge in [0.1, 0.15) is 0 Å². The third-order valence-corrected chi connectivity index (χ3v) is 6.39. The Balaban J connectivity index is 2.11. The summed E-state index contributed by atoms with van der Waals surface area (Å²) >= 11 is 0. The van der Waals surface area contributed by atoms with Crippen LogP contribution in [-0.2, 0) is 21.0 Å². The van der Waals surface area contributed by atoms with E-state index in [9.17, 15) is 26.4 Å². The number of sulfonamides is 1. The van der Waals surface area contributed by atoms with Gasteiger partial charge in [-0.3, -0.25) is 4.79 Å². The van der Waals surface area contributed by atoms with Crippen LogP contribution in [0.5, 0.6) is 0 Å². The van der Waals surface area contributed by atoms with Crippen molar-refractivity contribution in [2.75, 3.05) is 0 Å². The maximum atomic E-state index is 13.3. The number of rotatable bonds is 12. The lowest BCUT2D eigenvalue weighted by Crippen LogP contribution is -2.30. The van der Waals surface area contributed by atoms with Crippen LogP contribution in [0.3, 0.4) is 0 Å². The summed E-state index contributed by atoms with van der Waals surface area (Å²) in [6.07, 6.45) is -0.700. The number of halogens is 3. The molecular formula is C22H26F3NO4S. The van der Waals surface area contributed by atoms with Crippen LogP contribution >= 0.6 is 0 Å². The minimum absolute atomic E-state index is 0.116. The lowest BCUT2D eigenvalue weighted by Gasteiger charge is -2.21. The molecule has 1 atom stereocenters. The zero-order valence-corrected chi connectivity index (χ0v) is 17.8. The van der Waals surface area contributed by atoms with Crippen LogP contribution in [0.2, 0.25) is 0 Å². The van der Waals surface area contributed by atoms with Crippen molar-refractivity contribution in [3.63, 3.8) is 0 Å². The van der Waals surface area contributed by atoms with Gasteiger partial charge in [-0.15, -0.1) is 0 Å². The Hall–Kier alpha value is -2.39. The molecule has 1 unspecified atom stereocenters. The van der Waals surface area contributed by atoms with E-state index in [0.717, 1.165) is 37.5 Å². The summed E-state index contributed by atoms with van der Waals surface area (Å²) in [4.78, 5) is 9.74. The van der Waals surface area contributed by atoms with Crippen LogP contribution in [0.15, 0.2) is 59.5 Å². The minimum atomic E-state index is -4.79. The van der Waals surface area contributed by atoms with Crippen molar-refractivity contribution in [2.45, 2.75) is 62.1 Å². The van der Waals surface area contributed by atoms with Crippen LogP contribution in [0, 0.1) is 0 Å². The average molecular weight is 458 g/mol. The van der Waals surface area contributed by atoms with Crippen molar-refractivity contribution >= 4 is 16.0 Å². The highest BCUT2D eigenvalue weighted by Crippen LogP contribution is 2.34. The van der Waals surface area contributed by atoms with E-state index < -0.39 is 38.7 Å².